The van der Waals surface area contributed by atoms with Crippen molar-refractivity contribution in [2.75, 3.05) is 6.61 Å². The number of carbonyl (C=O) groups is 1. The number of carbonyl (C=O) groups excluding carboxylic acids is 1. The van der Waals surface area contributed by atoms with Crippen LogP contribution in [0.4, 0.5) is 0 Å². The number of nitrogens with zero attached hydrogens (tertiary/aromatic N) is 2. The molecule has 0 aliphatic heterocycles. The van der Waals surface area contributed by atoms with Gasteiger partial charge in [0.25, 0.3) is 0 Å². The summed E-state index contributed by atoms with van der Waals surface area (Å²) in [6, 6.07) is 0. The van der Waals surface area contributed by atoms with Gasteiger partial charge in [-0.1, -0.05) is 0 Å². The summed E-state index contributed by atoms with van der Waals surface area (Å²) in [5, 5.41) is 7.78. The summed E-state index contributed by atoms with van der Waals surface area (Å²) in [6.45, 7) is 3.85. The van der Waals surface area contributed by atoms with Crippen LogP contribution in [-0.4, -0.2) is 22.8 Å². The molecule has 1 aliphatic carbocycles. The summed E-state index contributed by atoms with van der Waals surface area (Å²) in [7, 11) is 0. The predicted molar refractivity (Wildman–Crippen MR) is 51.3 cm³/mol. The van der Waals surface area contributed by atoms with Crippen LogP contribution in [0.3, 0.4) is 0 Å². The highest BCUT2D eigenvalue weighted by Gasteiger charge is 2.31. The van der Waals surface area contributed by atoms with Gasteiger partial charge in [-0.2, -0.15) is 0 Å². The highest BCUT2D eigenvalue weighted by atomic mass is 16.5. The summed E-state index contributed by atoms with van der Waals surface area (Å²) in [5.74, 6) is 0.644. The summed E-state index contributed by atoms with van der Waals surface area (Å²) in [4.78, 5) is 11.4. The van der Waals surface area contributed by atoms with Crippen LogP contribution in [0.25, 0.3) is 0 Å². The standard InChI is InChI=1S/C10H14N2O3/c1-3-14-10(13)6(2)8-11-12-9(15-8)7-4-5-7/h6-7H,3-5H2,1-2H3. The number of esters is 1. The van der Waals surface area contributed by atoms with Crippen LogP contribution in [0.1, 0.15) is 50.3 Å². The molecule has 1 atom stereocenters. The second-order valence-electron chi connectivity index (χ2n) is 3.73. The Bertz CT molecular complexity index is 357. The smallest absolute Gasteiger partial charge is 0.318 e. The second kappa shape index (κ2) is 4.00. The lowest BCUT2D eigenvalue weighted by atomic mass is 10.2. The van der Waals surface area contributed by atoms with Crippen molar-refractivity contribution in [3.8, 4) is 0 Å². The summed E-state index contributed by atoms with van der Waals surface area (Å²) in [5.41, 5.74) is 0. The van der Waals surface area contributed by atoms with Crippen LogP contribution in [0.15, 0.2) is 4.42 Å². The van der Waals surface area contributed by atoms with Gasteiger partial charge in [0, 0.05) is 5.92 Å². The third-order valence-corrected chi connectivity index (χ3v) is 2.39. The van der Waals surface area contributed by atoms with E-state index in [4.69, 9.17) is 9.15 Å². The molecule has 5 nitrogen and oxygen atoms in total. The van der Waals surface area contributed by atoms with Crippen molar-refractivity contribution in [3.05, 3.63) is 11.8 Å². The quantitative estimate of drug-likeness (QED) is 0.706. The Labute approximate surface area is 87.8 Å². The third-order valence-electron chi connectivity index (χ3n) is 2.39. The van der Waals surface area contributed by atoms with Crippen molar-refractivity contribution in [1.82, 2.24) is 10.2 Å². The first-order chi connectivity index (χ1) is 7.22. The Morgan fingerprint density at radius 3 is 2.93 bits per heavy atom. The molecule has 1 unspecified atom stereocenters. The molecule has 0 bridgehead atoms. The Kier molecular flexibility index (Phi) is 2.70. The highest BCUT2D eigenvalue weighted by molar-refractivity contribution is 5.76. The summed E-state index contributed by atoms with van der Waals surface area (Å²) < 4.78 is 10.3. The van der Waals surface area contributed by atoms with Gasteiger partial charge in [0.15, 0.2) is 0 Å². The second-order valence-corrected chi connectivity index (χ2v) is 3.73. The maximum atomic E-state index is 11.4. The first-order valence-corrected chi connectivity index (χ1v) is 5.22. The van der Waals surface area contributed by atoms with E-state index >= 15 is 0 Å². The number of aromatic nitrogens is 2. The molecule has 1 fully saturated rings. The fraction of sp³-hybridized carbons (Fsp3) is 0.700. The van der Waals surface area contributed by atoms with E-state index in [0.717, 1.165) is 12.8 Å². The summed E-state index contributed by atoms with van der Waals surface area (Å²) in [6.07, 6.45) is 2.21. The van der Waals surface area contributed by atoms with Crippen molar-refractivity contribution in [3.63, 3.8) is 0 Å². The average molecular weight is 210 g/mol. The molecule has 0 saturated heterocycles. The molecular weight excluding hydrogens is 196 g/mol. The van der Waals surface area contributed by atoms with Gasteiger partial charge in [0.2, 0.25) is 11.8 Å². The lowest BCUT2D eigenvalue weighted by Crippen LogP contribution is -2.13. The number of ether oxygens (including phenoxy) is 1. The van der Waals surface area contributed by atoms with Crippen LogP contribution in [0.5, 0.6) is 0 Å². The first-order valence-electron chi connectivity index (χ1n) is 5.22. The monoisotopic (exact) mass is 210 g/mol. The molecule has 15 heavy (non-hydrogen) atoms. The fourth-order valence-electron chi connectivity index (χ4n) is 1.28. The van der Waals surface area contributed by atoms with Crippen LogP contribution < -0.4 is 0 Å². The van der Waals surface area contributed by atoms with Gasteiger partial charge in [0.05, 0.1) is 6.61 Å². The van der Waals surface area contributed by atoms with E-state index in [-0.39, 0.29) is 5.97 Å². The zero-order valence-corrected chi connectivity index (χ0v) is 8.90. The van der Waals surface area contributed by atoms with Crippen LogP contribution in [0.2, 0.25) is 0 Å². The minimum atomic E-state index is -0.468. The number of rotatable bonds is 4. The zero-order chi connectivity index (χ0) is 10.8. The molecule has 0 amide bonds. The molecule has 1 aromatic rings. The maximum Gasteiger partial charge on any atom is 0.318 e. The number of hydrogen-bond donors (Lipinski definition) is 0. The molecule has 0 spiro atoms. The van der Waals surface area contributed by atoms with Gasteiger partial charge >= 0.3 is 5.97 Å². The van der Waals surface area contributed by atoms with E-state index < -0.39 is 5.92 Å². The minimum absolute atomic E-state index is 0.316. The van der Waals surface area contributed by atoms with E-state index in [9.17, 15) is 4.79 Å². The lowest BCUT2D eigenvalue weighted by molar-refractivity contribution is -0.145. The molecule has 0 aromatic carbocycles. The van der Waals surface area contributed by atoms with Crippen molar-refractivity contribution in [1.29, 1.82) is 0 Å². The van der Waals surface area contributed by atoms with Crippen molar-refractivity contribution >= 4 is 5.97 Å². The molecule has 1 heterocycles. The van der Waals surface area contributed by atoms with Crippen LogP contribution >= 0.6 is 0 Å². The first kappa shape index (κ1) is 10.1. The molecule has 1 saturated carbocycles. The lowest BCUT2D eigenvalue weighted by Gasteiger charge is -2.04. The predicted octanol–water partition coefficient (Wildman–Crippen LogP) is 1.61. The van der Waals surface area contributed by atoms with E-state index in [1.165, 1.54) is 0 Å². The Morgan fingerprint density at radius 2 is 2.33 bits per heavy atom. The van der Waals surface area contributed by atoms with Crippen LogP contribution in [0, 0.1) is 0 Å². The maximum absolute atomic E-state index is 11.4. The Hall–Kier alpha value is -1.39. The topological polar surface area (TPSA) is 65.2 Å². The molecular formula is C10H14N2O3. The fourth-order valence-corrected chi connectivity index (χ4v) is 1.28. The van der Waals surface area contributed by atoms with E-state index in [1.807, 2.05) is 0 Å². The van der Waals surface area contributed by atoms with Gasteiger partial charge in [0.1, 0.15) is 5.92 Å². The molecule has 5 heteroatoms. The van der Waals surface area contributed by atoms with Gasteiger partial charge < -0.3 is 9.15 Å². The van der Waals surface area contributed by atoms with Gasteiger partial charge in [-0.3, -0.25) is 4.79 Å². The van der Waals surface area contributed by atoms with E-state index in [1.54, 1.807) is 13.8 Å². The molecule has 1 aromatic heterocycles. The molecule has 1 aliphatic rings. The molecule has 2 rings (SSSR count). The minimum Gasteiger partial charge on any atom is -0.465 e. The van der Waals surface area contributed by atoms with Crippen LogP contribution in [-0.2, 0) is 9.53 Å². The van der Waals surface area contributed by atoms with Crippen molar-refractivity contribution < 1.29 is 13.9 Å². The Balaban J connectivity index is 2.04. The van der Waals surface area contributed by atoms with E-state index in [2.05, 4.69) is 10.2 Å². The van der Waals surface area contributed by atoms with Gasteiger partial charge in [-0.25, -0.2) is 0 Å². The molecule has 0 N–H and O–H groups in total. The summed E-state index contributed by atoms with van der Waals surface area (Å²) >= 11 is 0. The normalized spacial score (nSPS) is 17.5. The third kappa shape index (κ3) is 2.16. The molecule has 82 valence electrons. The Morgan fingerprint density at radius 1 is 1.60 bits per heavy atom. The number of hydrogen-bond acceptors (Lipinski definition) is 5. The molecule has 0 radical (unpaired) electrons. The van der Waals surface area contributed by atoms with Crippen molar-refractivity contribution in [2.45, 2.75) is 38.5 Å². The average Bonchev–Trinajstić information content (AvgIpc) is 2.96. The largest absolute Gasteiger partial charge is 0.465 e. The van der Waals surface area contributed by atoms with Gasteiger partial charge in [-0.05, 0) is 26.7 Å². The highest BCUT2D eigenvalue weighted by Crippen LogP contribution is 2.39. The van der Waals surface area contributed by atoms with Crippen molar-refractivity contribution in [2.24, 2.45) is 0 Å². The van der Waals surface area contributed by atoms with E-state index in [0.29, 0.717) is 24.3 Å². The van der Waals surface area contributed by atoms with Gasteiger partial charge in [-0.15, -0.1) is 10.2 Å². The SMILES string of the molecule is CCOC(=O)C(C)c1nnc(C2CC2)o1. The zero-order valence-electron chi connectivity index (χ0n) is 8.90.